The number of aromatic nitrogens is 3. The third kappa shape index (κ3) is 9.02. The first-order chi connectivity index (χ1) is 17.9. The third-order valence-electron chi connectivity index (χ3n) is 5.22. The van der Waals surface area contributed by atoms with Crippen LogP contribution < -0.4 is 21.3 Å². The van der Waals surface area contributed by atoms with E-state index in [2.05, 4.69) is 36.7 Å². The van der Waals surface area contributed by atoms with Gasteiger partial charge in [-0.2, -0.15) is 15.4 Å². The molecule has 0 saturated heterocycles. The number of rotatable bonds is 13. The molecule has 0 unspecified atom stereocenters. The van der Waals surface area contributed by atoms with E-state index in [1.165, 1.54) is 6.20 Å². The fourth-order valence-corrected chi connectivity index (χ4v) is 3.42. The van der Waals surface area contributed by atoms with Gasteiger partial charge in [0.1, 0.15) is 12.3 Å². The van der Waals surface area contributed by atoms with E-state index in [0.717, 1.165) is 11.1 Å². The molecule has 5 N–H and O–H groups in total. The van der Waals surface area contributed by atoms with Crippen molar-refractivity contribution in [2.24, 2.45) is 0 Å². The molecule has 2 aromatic carbocycles. The lowest BCUT2D eigenvalue weighted by molar-refractivity contribution is -0.130. The number of aromatic amines is 1. The van der Waals surface area contributed by atoms with Crippen LogP contribution >= 0.6 is 0 Å². The van der Waals surface area contributed by atoms with Gasteiger partial charge in [-0.3, -0.25) is 19.2 Å². The maximum absolute atomic E-state index is 12.9. The van der Waals surface area contributed by atoms with Gasteiger partial charge in [0.15, 0.2) is 5.69 Å². The molecule has 0 aliphatic heterocycles. The number of hydrogen-bond acceptors (Lipinski definition) is 7. The molecule has 4 amide bonds. The zero-order valence-corrected chi connectivity index (χ0v) is 19.8. The SMILES string of the molecule is O=C[C@H](Cc1ccccc1)NC(=O)CNC(=O)[C@H](Cc1ccccc1)NC(=O)CNC(=O)c1cn[nH]n1. The number of carbonyl (C=O) groups is 5. The molecular weight excluding hydrogens is 478 g/mol. The van der Waals surface area contributed by atoms with Crippen molar-refractivity contribution < 1.29 is 24.0 Å². The highest BCUT2D eigenvalue weighted by Crippen LogP contribution is 2.04. The van der Waals surface area contributed by atoms with E-state index in [4.69, 9.17) is 0 Å². The molecule has 0 aliphatic carbocycles. The lowest BCUT2D eigenvalue weighted by atomic mass is 10.1. The molecule has 12 nitrogen and oxygen atoms in total. The molecule has 0 spiro atoms. The van der Waals surface area contributed by atoms with Gasteiger partial charge in [0.2, 0.25) is 17.7 Å². The average molecular weight is 506 g/mol. The summed E-state index contributed by atoms with van der Waals surface area (Å²) in [6, 6.07) is 16.4. The van der Waals surface area contributed by atoms with Crippen molar-refractivity contribution in [1.29, 1.82) is 0 Å². The number of nitrogens with zero attached hydrogens (tertiary/aromatic N) is 2. The first-order valence-electron chi connectivity index (χ1n) is 11.5. The summed E-state index contributed by atoms with van der Waals surface area (Å²) in [6.07, 6.45) is 2.32. The largest absolute Gasteiger partial charge is 0.345 e. The summed E-state index contributed by atoms with van der Waals surface area (Å²) < 4.78 is 0. The molecule has 0 radical (unpaired) electrons. The standard InChI is InChI=1S/C25H27N7O5/c33-16-19(11-17-7-3-1-4-8-17)29-22(34)14-26-24(36)20(12-18-9-5-2-6-10-18)30-23(35)15-27-25(37)21-13-28-32-31-21/h1-10,13,16,19-20H,11-12,14-15H2,(H,26,36)(H,27,37)(H,29,34)(H,30,35)(H,28,31,32)/t19-,20-/m0/s1. The fraction of sp³-hybridized carbons (Fsp3) is 0.240. The molecule has 0 saturated carbocycles. The van der Waals surface area contributed by atoms with Gasteiger partial charge in [-0.25, -0.2) is 0 Å². The monoisotopic (exact) mass is 505 g/mol. The van der Waals surface area contributed by atoms with Crippen molar-refractivity contribution in [2.45, 2.75) is 24.9 Å². The van der Waals surface area contributed by atoms with E-state index in [-0.39, 0.29) is 18.7 Å². The van der Waals surface area contributed by atoms with E-state index < -0.39 is 42.3 Å². The first kappa shape index (κ1) is 26.7. The van der Waals surface area contributed by atoms with E-state index >= 15 is 0 Å². The van der Waals surface area contributed by atoms with Crippen molar-refractivity contribution in [3.63, 3.8) is 0 Å². The molecule has 0 bridgehead atoms. The molecule has 1 aromatic heterocycles. The average Bonchev–Trinajstić information content (AvgIpc) is 3.46. The summed E-state index contributed by atoms with van der Waals surface area (Å²) in [5.74, 6) is -2.36. The zero-order valence-electron chi connectivity index (χ0n) is 19.8. The van der Waals surface area contributed by atoms with E-state index in [9.17, 15) is 24.0 Å². The van der Waals surface area contributed by atoms with Gasteiger partial charge in [-0.05, 0) is 17.5 Å². The van der Waals surface area contributed by atoms with Crippen LogP contribution in [0.5, 0.6) is 0 Å². The summed E-state index contributed by atoms with van der Waals surface area (Å²) in [4.78, 5) is 61.1. The van der Waals surface area contributed by atoms with Gasteiger partial charge in [-0.15, -0.1) is 0 Å². The second-order valence-corrected chi connectivity index (χ2v) is 8.07. The molecule has 3 aromatic rings. The van der Waals surface area contributed by atoms with Crippen LogP contribution in [0.15, 0.2) is 66.9 Å². The minimum atomic E-state index is -1.02. The molecule has 12 heteroatoms. The van der Waals surface area contributed by atoms with Gasteiger partial charge in [0, 0.05) is 6.42 Å². The fourth-order valence-electron chi connectivity index (χ4n) is 3.42. The molecule has 192 valence electrons. The lowest BCUT2D eigenvalue weighted by Gasteiger charge is -2.19. The Balaban J connectivity index is 1.54. The topological polar surface area (TPSA) is 175 Å². The summed E-state index contributed by atoms with van der Waals surface area (Å²) >= 11 is 0. The summed E-state index contributed by atoms with van der Waals surface area (Å²) in [5, 5.41) is 19.5. The Morgan fingerprint density at radius 1 is 0.811 bits per heavy atom. The van der Waals surface area contributed by atoms with Gasteiger partial charge in [0.05, 0.1) is 25.3 Å². The van der Waals surface area contributed by atoms with Crippen molar-refractivity contribution in [2.75, 3.05) is 13.1 Å². The van der Waals surface area contributed by atoms with Crippen LogP contribution in [0.3, 0.4) is 0 Å². The number of benzene rings is 2. The Hall–Kier alpha value is -4.87. The Morgan fingerprint density at radius 2 is 1.41 bits per heavy atom. The number of hydrogen-bond donors (Lipinski definition) is 5. The number of aldehydes is 1. The van der Waals surface area contributed by atoms with Crippen molar-refractivity contribution in [3.05, 3.63) is 83.7 Å². The van der Waals surface area contributed by atoms with Crippen molar-refractivity contribution in [3.8, 4) is 0 Å². The van der Waals surface area contributed by atoms with Crippen molar-refractivity contribution in [1.82, 2.24) is 36.7 Å². The van der Waals surface area contributed by atoms with Gasteiger partial charge >= 0.3 is 0 Å². The number of nitrogens with one attached hydrogen (secondary N) is 5. The highest BCUT2D eigenvalue weighted by Gasteiger charge is 2.23. The zero-order chi connectivity index (χ0) is 26.5. The lowest BCUT2D eigenvalue weighted by Crippen LogP contribution is -2.52. The second-order valence-electron chi connectivity index (χ2n) is 8.07. The first-order valence-corrected chi connectivity index (χ1v) is 11.5. The van der Waals surface area contributed by atoms with Crippen LogP contribution in [0.2, 0.25) is 0 Å². The van der Waals surface area contributed by atoms with Crippen LogP contribution in [0, 0.1) is 0 Å². The predicted molar refractivity (Wildman–Crippen MR) is 132 cm³/mol. The van der Waals surface area contributed by atoms with E-state index in [0.29, 0.717) is 12.7 Å². The highest BCUT2D eigenvalue weighted by molar-refractivity contribution is 5.96. The number of amides is 4. The summed E-state index contributed by atoms with van der Waals surface area (Å²) in [7, 11) is 0. The van der Waals surface area contributed by atoms with Crippen LogP contribution in [0.1, 0.15) is 21.6 Å². The van der Waals surface area contributed by atoms with Crippen LogP contribution in [-0.2, 0) is 32.0 Å². The van der Waals surface area contributed by atoms with Gasteiger partial charge < -0.3 is 26.1 Å². The quantitative estimate of drug-likeness (QED) is 0.191. The van der Waals surface area contributed by atoms with E-state index in [1.54, 1.807) is 24.3 Å². The highest BCUT2D eigenvalue weighted by atomic mass is 16.2. The molecule has 0 fully saturated rings. The molecule has 0 aliphatic rings. The van der Waals surface area contributed by atoms with Crippen LogP contribution in [-0.4, -0.2) is 70.5 Å². The predicted octanol–water partition coefficient (Wildman–Crippen LogP) is -0.695. The summed E-state index contributed by atoms with van der Waals surface area (Å²) in [5.41, 5.74) is 1.67. The van der Waals surface area contributed by atoms with Crippen LogP contribution in [0.4, 0.5) is 0 Å². The van der Waals surface area contributed by atoms with Gasteiger partial charge in [-0.1, -0.05) is 60.7 Å². The minimum absolute atomic E-state index is 0.0123. The molecule has 1 heterocycles. The second kappa shape index (κ2) is 13.9. The molecular formula is C25H27N7O5. The Bertz CT molecular complexity index is 1190. The van der Waals surface area contributed by atoms with Crippen molar-refractivity contribution >= 4 is 29.9 Å². The van der Waals surface area contributed by atoms with Gasteiger partial charge in [0.25, 0.3) is 5.91 Å². The van der Waals surface area contributed by atoms with E-state index in [1.807, 2.05) is 36.4 Å². The minimum Gasteiger partial charge on any atom is -0.345 e. The summed E-state index contributed by atoms with van der Waals surface area (Å²) in [6.45, 7) is -0.784. The smallest absolute Gasteiger partial charge is 0.273 e. The van der Waals surface area contributed by atoms with Crippen LogP contribution in [0.25, 0.3) is 0 Å². The molecule has 2 atom stereocenters. The number of H-pyrrole nitrogens is 1. The maximum Gasteiger partial charge on any atom is 0.273 e. The Labute approximate surface area is 212 Å². The Morgan fingerprint density at radius 3 is 2.00 bits per heavy atom. The molecule has 37 heavy (non-hydrogen) atoms. The maximum atomic E-state index is 12.9. The Kier molecular flexibility index (Phi) is 10.0. The normalized spacial score (nSPS) is 12.0. The third-order valence-corrected chi connectivity index (χ3v) is 5.22. The number of carbonyl (C=O) groups excluding carboxylic acids is 5. The molecule has 3 rings (SSSR count).